The summed E-state index contributed by atoms with van der Waals surface area (Å²) in [6, 6.07) is 0. The van der Waals surface area contributed by atoms with Gasteiger partial charge in [0.05, 0.1) is 26.4 Å². The Morgan fingerprint density at radius 1 is 0.576 bits per heavy atom. The van der Waals surface area contributed by atoms with Crippen LogP contribution in [0.4, 0.5) is 0 Å². The molecule has 0 saturated carbocycles. The molecule has 0 spiro atoms. The molecule has 14 nitrogen and oxygen atoms in total. The fraction of sp³-hybridized carbons (Fsp3) is 0.800. The van der Waals surface area contributed by atoms with Crippen molar-refractivity contribution in [3.63, 3.8) is 0 Å². The molecule has 11 atom stereocenters. The molecular weight excluding hydrogens is 764 g/mol. The zero-order valence-electron chi connectivity index (χ0n) is 35.7. The van der Waals surface area contributed by atoms with Gasteiger partial charge in [0.25, 0.3) is 0 Å². The van der Waals surface area contributed by atoms with E-state index in [4.69, 9.17) is 28.4 Å². The third-order valence-corrected chi connectivity index (χ3v) is 10.3. The van der Waals surface area contributed by atoms with Crippen molar-refractivity contribution in [1.82, 2.24) is 0 Å². The molecule has 0 amide bonds. The Labute approximate surface area is 352 Å². The molecule has 0 aromatic rings. The monoisotopic (exact) mass is 843 g/mol. The van der Waals surface area contributed by atoms with Gasteiger partial charge in [-0.3, -0.25) is 4.79 Å². The molecule has 2 aliphatic heterocycles. The molecule has 0 bridgehead atoms. The van der Waals surface area contributed by atoms with E-state index in [1.807, 2.05) is 0 Å². The first-order valence-electron chi connectivity index (χ1n) is 22.2. The minimum atomic E-state index is -1.71. The van der Waals surface area contributed by atoms with Crippen LogP contribution in [0.5, 0.6) is 0 Å². The summed E-state index contributed by atoms with van der Waals surface area (Å²) >= 11 is 0. The van der Waals surface area contributed by atoms with Crippen molar-refractivity contribution in [3.05, 3.63) is 48.6 Å². The van der Waals surface area contributed by atoms with Crippen LogP contribution in [-0.4, -0.2) is 142 Å². The summed E-state index contributed by atoms with van der Waals surface area (Å²) in [5, 5.41) is 71.8. The average Bonchev–Trinajstić information content (AvgIpc) is 3.23. The average molecular weight is 843 g/mol. The lowest BCUT2D eigenvalue weighted by atomic mass is 9.98. The number of esters is 1. The number of aliphatic hydroxyl groups is 7. The number of carbonyl (C=O) groups excluding carboxylic acids is 1. The summed E-state index contributed by atoms with van der Waals surface area (Å²) in [4.78, 5) is 12.9. The molecular formula is C45H78O14. The Morgan fingerprint density at radius 2 is 1.10 bits per heavy atom. The highest BCUT2D eigenvalue weighted by Gasteiger charge is 2.47. The maximum atomic E-state index is 12.9. The van der Waals surface area contributed by atoms with E-state index in [2.05, 4.69) is 62.5 Å². The second kappa shape index (κ2) is 33.6. The summed E-state index contributed by atoms with van der Waals surface area (Å²) in [5.41, 5.74) is 0. The van der Waals surface area contributed by atoms with E-state index in [1.165, 1.54) is 12.8 Å². The minimum absolute atomic E-state index is 0.0413. The van der Waals surface area contributed by atoms with E-state index in [0.717, 1.165) is 89.9 Å². The Morgan fingerprint density at radius 3 is 1.75 bits per heavy atom. The van der Waals surface area contributed by atoms with Gasteiger partial charge in [0.2, 0.25) is 0 Å². The molecule has 2 heterocycles. The third kappa shape index (κ3) is 22.6. The fourth-order valence-corrected chi connectivity index (χ4v) is 6.63. The number of hydrogen-bond donors (Lipinski definition) is 7. The van der Waals surface area contributed by atoms with Crippen molar-refractivity contribution in [2.24, 2.45) is 0 Å². The molecule has 7 N–H and O–H groups in total. The number of ether oxygens (including phenoxy) is 6. The normalized spacial score (nSPS) is 28.4. The predicted octanol–water partition coefficient (Wildman–Crippen LogP) is 4.84. The molecule has 0 radical (unpaired) electrons. The molecule has 2 rings (SSSR count). The van der Waals surface area contributed by atoms with Crippen LogP contribution < -0.4 is 0 Å². The zero-order valence-corrected chi connectivity index (χ0v) is 35.7. The number of aliphatic hydroxyl groups excluding tert-OH is 7. The molecule has 59 heavy (non-hydrogen) atoms. The highest BCUT2D eigenvalue weighted by atomic mass is 16.7. The fourth-order valence-electron chi connectivity index (χ4n) is 6.63. The third-order valence-electron chi connectivity index (χ3n) is 10.3. The second-order valence-electron chi connectivity index (χ2n) is 15.5. The molecule has 2 aliphatic rings. The van der Waals surface area contributed by atoms with Crippen LogP contribution >= 0.6 is 0 Å². The van der Waals surface area contributed by atoms with Gasteiger partial charge in [-0.2, -0.15) is 0 Å². The predicted molar refractivity (Wildman–Crippen MR) is 224 cm³/mol. The van der Waals surface area contributed by atoms with Gasteiger partial charge in [0.15, 0.2) is 12.6 Å². The van der Waals surface area contributed by atoms with Crippen molar-refractivity contribution >= 4 is 5.97 Å². The molecule has 0 aromatic carbocycles. The minimum Gasteiger partial charge on any atom is -0.457 e. The summed E-state index contributed by atoms with van der Waals surface area (Å²) in [7, 11) is 0. The van der Waals surface area contributed by atoms with Crippen molar-refractivity contribution in [2.45, 2.75) is 197 Å². The first-order valence-corrected chi connectivity index (χ1v) is 22.2. The number of carbonyl (C=O) groups is 1. The van der Waals surface area contributed by atoms with Crippen molar-refractivity contribution < 1.29 is 69.0 Å². The maximum absolute atomic E-state index is 12.9. The van der Waals surface area contributed by atoms with Crippen LogP contribution in [-0.2, 0) is 33.2 Å². The van der Waals surface area contributed by atoms with Gasteiger partial charge in [-0.05, 0) is 64.2 Å². The highest BCUT2D eigenvalue weighted by molar-refractivity contribution is 5.69. The van der Waals surface area contributed by atoms with E-state index in [-0.39, 0.29) is 19.6 Å². The molecule has 2 saturated heterocycles. The highest BCUT2D eigenvalue weighted by Crippen LogP contribution is 2.26. The van der Waals surface area contributed by atoms with Gasteiger partial charge in [0.1, 0.15) is 54.9 Å². The first-order chi connectivity index (χ1) is 28.6. The van der Waals surface area contributed by atoms with E-state index in [0.29, 0.717) is 13.0 Å². The Balaban J connectivity index is 1.84. The van der Waals surface area contributed by atoms with Crippen LogP contribution in [0.15, 0.2) is 48.6 Å². The van der Waals surface area contributed by atoms with Crippen LogP contribution in [0.25, 0.3) is 0 Å². The Bertz CT molecular complexity index is 1160. The molecule has 2 fully saturated rings. The summed E-state index contributed by atoms with van der Waals surface area (Å²) in [6.45, 7) is 3.43. The largest absolute Gasteiger partial charge is 0.457 e. The lowest BCUT2D eigenvalue weighted by Crippen LogP contribution is -2.61. The molecule has 11 unspecified atom stereocenters. The van der Waals surface area contributed by atoms with Gasteiger partial charge in [-0.25, -0.2) is 0 Å². The topological polar surface area (TPSA) is 214 Å². The number of unbranched alkanes of at least 4 members (excludes halogenated alkanes) is 11. The van der Waals surface area contributed by atoms with Gasteiger partial charge in [-0.1, -0.05) is 107 Å². The van der Waals surface area contributed by atoms with Crippen LogP contribution in [0.3, 0.4) is 0 Å². The number of hydrogen-bond acceptors (Lipinski definition) is 14. The van der Waals surface area contributed by atoms with E-state index in [1.54, 1.807) is 0 Å². The summed E-state index contributed by atoms with van der Waals surface area (Å²) < 4.78 is 34.1. The number of rotatable bonds is 33. The Kier molecular flexibility index (Phi) is 30.2. The zero-order chi connectivity index (χ0) is 43.1. The molecule has 342 valence electrons. The maximum Gasteiger partial charge on any atom is 0.306 e. The van der Waals surface area contributed by atoms with Gasteiger partial charge in [-0.15, -0.1) is 0 Å². The second-order valence-corrected chi connectivity index (χ2v) is 15.5. The quantitative estimate of drug-likeness (QED) is 0.0268. The van der Waals surface area contributed by atoms with Crippen LogP contribution in [0, 0.1) is 0 Å². The number of allylic oxidation sites excluding steroid dienone is 8. The summed E-state index contributed by atoms with van der Waals surface area (Å²) in [6.07, 6.45) is 19.0. The molecule has 0 aromatic heterocycles. The molecule has 0 aliphatic carbocycles. The Hall–Kier alpha value is -2.05. The molecule has 14 heteroatoms. The van der Waals surface area contributed by atoms with Crippen molar-refractivity contribution in [2.75, 3.05) is 33.0 Å². The summed E-state index contributed by atoms with van der Waals surface area (Å²) in [5.74, 6) is -0.399. The van der Waals surface area contributed by atoms with Gasteiger partial charge >= 0.3 is 5.97 Å². The van der Waals surface area contributed by atoms with Gasteiger partial charge in [0, 0.05) is 13.0 Å². The van der Waals surface area contributed by atoms with E-state index < -0.39 is 86.7 Å². The van der Waals surface area contributed by atoms with Crippen LogP contribution in [0.2, 0.25) is 0 Å². The lowest BCUT2D eigenvalue weighted by molar-refractivity contribution is -0.332. The van der Waals surface area contributed by atoms with Crippen molar-refractivity contribution in [1.29, 1.82) is 0 Å². The van der Waals surface area contributed by atoms with Crippen molar-refractivity contribution in [3.8, 4) is 0 Å². The SMILES string of the molecule is CC/C=C\C/C=C\C/C=C\CCCCCCOCC(COC1OC(COC2OC(CO)C(O)C(O)C2O)C(O)C(O)C1O)OC(=O)CCCCCCC/C=C\CCCC. The lowest BCUT2D eigenvalue weighted by Gasteiger charge is -2.42. The smallest absolute Gasteiger partial charge is 0.306 e. The van der Waals surface area contributed by atoms with Gasteiger partial charge < -0.3 is 64.2 Å². The van der Waals surface area contributed by atoms with Crippen LogP contribution in [0.1, 0.15) is 129 Å². The standard InChI is InChI=1S/C45H78O14/c1-3-5-7-9-11-13-15-16-17-19-21-23-25-27-29-54-31-34(57-37(47)28-26-24-22-20-18-14-12-10-8-6-4-2)32-55-44-43(53)41(51)39(49)36(59-44)33-56-45-42(52)40(50)38(48)35(30-46)58-45/h5,7,10-13,16-17,34-36,38-46,48-53H,3-4,6,8-9,14-15,18-33H2,1-2H3/b7-5-,12-10-,13-11-,17-16-. The first kappa shape index (κ1) is 53.1. The van der Waals surface area contributed by atoms with E-state index in [9.17, 15) is 40.5 Å². The van der Waals surface area contributed by atoms with E-state index >= 15 is 0 Å².